The predicted molar refractivity (Wildman–Crippen MR) is 126 cm³/mol. The standard InChI is InChI=1S/C27H31N3O/c1-20-15-25(16-21(2)22(20)3)26-17-24(9-10-28-26)19-29-11-13-30(14-12-29)27(31)18-23-7-5-4-6-8-23/h4-10,15-17H,11-14,18-19H2,1-3H3. The summed E-state index contributed by atoms with van der Waals surface area (Å²) in [5.74, 6) is 0.224. The molecule has 4 nitrogen and oxygen atoms in total. The SMILES string of the molecule is Cc1cc(-c2cc(CN3CCN(C(=O)Cc4ccccc4)CC3)ccn2)cc(C)c1C. The van der Waals surface area contributed by atoms with Crippen LogP contribution in [0.25, 0.3) is 11.3 Å². The number of hydrogen-bond donors (Lipinski definition) is 0. The molecule has 4 rings (SSSR count). The normalized spacial score (nSPS) is 14.6. The van der Waals surface area contributed by atoms with Crippen LogP contribution in [0.3, 0.4) is 0 Å². The van der Waals surface area contributed by atoms with Gasteiger partial charge in [-0.3, -0.25) is 14.7 Å². The first-order valence-electron chi connectivity index (χ1n) is 11.1. The third-order valence-corrected chi connectivity index (χ3v) is 6.38. The Morgan fingerprint density at radius 1 is 0.871 bits per heavy atom. The fraction of sp³-hybridized carbons (Fsp3) is 0.333. The summed E-state index contributed by atoms with van der Waals surface area (Å²) in [7, 11) is 0. The highest BCUT2D eigenvalue weighted by atomic mass is 16.2. The molecule has 1 aliphatic rings. The van der Waals surface area contributed by atoms with Crippen LogP contribution in [0.2, 0.25) is 0 Å². The van der Waals surface area contributed by atoms with Gasteiger partial charge in [-0.25, -0.2) is 0 Å². The molecule has 1 aliphatic heterocycles. The van der Waals surface area contributed by atoms with Gasteiger partial charge in [-0.05, 0) is 72.9 Å². The topological polar surface area (TPSA) is 36.4 Å². The Morgan fingerprint density at radius 2 is 1.55 bits per heavy atom. The molecular weight excluding hydrogens is 382 g/mol. The van der Waals surface area contributed by atoms with Crippen LogP contribution in [0.5, 0.6) is 0 Å². The first kappa shape index (κ1) is 21.3. The lowest BCUT2D eigenvalue weighted by molar-refractivity contribution is -0.132. The minimum atomic E-state index is 0.224. The zero-order valence-electron chi connectivity index (χ0n) is 18.8. The Morgan fingerprint density at radius 3 is 2.23 bits per heavy atom. The van der Waals surface area contributed by atoms with Gasteiger partial charge in [0.2, 0.25) is 5.91 Å². The first-order valence-corrected chi connectivity index (χ1v) is 11.1. The third-order valence-electron chi connectivity index (χ3n) is 6.38. The maximum absolute atomic E-state index is 12.6. The van der Waals surface area contributed by atoms with Gasteiger partial charge in [-0.15, -0.1) is 0 Å². The van der Waals surface area contributed by atoms with Crippen molar-refractivity contribution in [2.24, 2.45) is 0 Å². The van der Waals surface area contributed by atoms with E-state index in [1.807, 2.05) is 41.4 Å². The first-order chi connectivity index (χ1) is 15.0. The second-order valence-corrected chi connectivity index (χ2v) is 8.60. The number of pyridine rings is 1. The summed E-state index contributed by atoms with van der Waals surface area (Å²) in [6.45, 7) is 10.8. The Hall–Kier alpha value is -2.98. The van der Waals surface area contributed by atoms with Gasteiger partial charge in [-0.2, -0.15) is 0 Å². The fourth-order valence-electron chi connectivity index (χ4n) is 4.21. The lowest BCUT2D eigenvalue weighted by atomic mass is 9.98. The molecule has 0 atom stereocenters. The Kier molecular flexibility index (Phi) is 6.47. The molecule has 2 aromatic carbocycles. The number of carbonyl (C=O) groups excluding carboxylic acids is 1. The van der Waals surface area contributed by atoms with Crippen molar-refractivity contribution in [1.82, 2.24) is 14.8 Å². The molecule has 3 aromatic rings. The molecule has 1 amide bonds. The smallest absolute Gasteiger partial charge is 0.227 e. The molecule has 4 heteroatoms. The van der Waals surface area contributed by atoms with Gasteiger partial charge in [0.1, 0.15) is 0 Å². The predicted octanol–water partition coefficient (Wildman–Crippen LogP) is 4.56. The van der Waals surface area contributed by atoms with E-state index < -0.39 is 0 Å². The zero-order chi connectivity index (χ0) is 21.8. The summed E-state index contributed by atoms with van der Waals surface area (Å²) in [5, 5.41) is 0. The van der Waals surface area contributed by atoms with Crippen LogP contribution in [-0.4, -0.2) is 46.9 Å². The highest BCUT2D eigenvalue weighted by molar-refractivity contribution is 5.78. The number of amides is 1. The summed E-state index contributed by atoms with van der Waals surface area (Å²) < 4.78 is 0. The molecule has 0 bridgehead atoms. The number of benzene rings is 2. The second kappa shape index (κ2) is 9.44. The fourth-order valence-corrected chi connectivity index (χ4v) is 4.21. The van der Waals surface area contributed by atoms with Gasteiger partial charge in [0.15, 0.2) is 0 Å². The van der Waals surface area contributed by atoms with Gasteiger partial charge >= 0.3 is 0 Å². The van der Waals surface area contributed by atoms with Crippen molar-refractivity contribution in [2.45, 2.75) is 33.7 Å². The quantitative estimate of drug-likeness (QED) is 0.615. The Balaban J connectivity index is 1.36. The monoisotopic (exact) mass is 413 g/mol. The van der Waals surface area contributed by atoms with E-state index in [2.05, 4.69) is 54.9 Å². The summed E-state index contributed by atoms with van der Waals surface area (Å²) in [6.07, 6.45) is 2.40. The molecule has 0 N–H and O–H groups in total. The lowest BCUT2D eigenvalue weighted by Crippen LogP contribution is -2.48. The van der Waals surface area contributed by atoms with Crippen molar-refractivity contribution in [3.8, 4) is 11.3 Å². The average Bonchev–Trinajstić information content (AvgIpc) is 2.78. The van der Waals surface area contributed by atoms with E-state index in [0.29, 0.717) is 6.42 Å². The van der Waals surface area contributed by atoms with Crippen molar-refractivity contribution in [2.75, 3.05) is 26.2 Å². The molecule has 0 aliphatic carbocycles. The van der Waals surface area contributed by atoms with E-state index in [1.54, 1.807) is 0 Å². The largest absolute Gasteiger partial charge is 0.340 e. The molecule has 31 heavy (non-hydrogen) atoms. The number of aryl methyl sites for hydroxylation is 2. The molecule has 160 valence electrons. The number of piperazine rings is 1. The molecule has 2 heterocycles. The summed E-state index contributed by atoms with van der Waals surface area (Å²) in [5.41, 5.74) is 8.52. The van der Waals surface area contributed by atoms with Crippen LogP contribution >= 0.6 is 0 Å². The molecular formula is C27H31N3O. The van der Waals surface area contributed by atoms with Crippen molar-refractivity contribution >= 4 is 5.91 Å². The van der Waals surface area contributed by atoms with Gasteiger partial charge in [0, 0.05) is 44.5 Å². The van der Waals surface area contributed by atoms with Crippen LogP contribution in [0.4, 0.5) is 0 Å². The maximum Gasteiger partial charge on any atom is 0.227 e. The minimum absolute atomic E-state index is 0.224. The maximum atomic E-state index is 12.6. The van der Waals surface area contributed by atoms with Gasteiger partial charge in [0.05, 0.1) is 12.1 Å². The van der Waals surface area contributed by atoms with Crippen LogP contribution in [0.1, 0.15) is 27.8 Å². The van der Waals surface area contributed by atoms with Crippen LogP contribution in [0, 0.1) is 20.8 Å². The molecule has 1 aromatic heterocycles. The number of hydrogen-bond acceptors (Lipinski definition) is 3. The number of carbonyl (C=O) groups is 1. The van der Waals surface area contributed by atoms with E-state index in [1.165, 1.54) is 27.8 Å². The molecule has 1 fully saturated rings. The van der Waals surface area contributed by atoms with E-state index in [4.69, 9.17) is 0 Å². The molecule has 0 radical (unpaired) electrons. The second-order valence-electron chi connectivity index (χ2n) is 8.60. The highest BCUT2D eigenvalue weighted by Crippen LogP contribution is 2.24. The molecule has 0 spiro atoms. The van der Waals surface area contributed by atoms with E-state index in [9.17, 15) is 4.79 Å². The third kappa shape index (κ3) is 5.20. The Labute approximate surface area is 185 Å². The van der Waals surface area contributed by atoms with E-state index in [0.717, 1.165) is 44.0 Å². The molecule has 0 saturated carbocycles. The average molecular weight is 414 g/mol. The highest BCUT2D eigenvalue weighted by Gasteiger charge is 2.21. The molecule has 0 unspecified atom stereocenters. The number of nitrogens with zero attached hydrogens (tertiary/aromatic N) is 3. The van der Waals surface area contributed by atoms with Gasteiger partial charge in [0.25, 0.3) is 0 Å². The van der Waals surface area contributed by atoms with Crippen molar-refractivity contribution in [3.63, 3.8) is 0 Å². The van der Waals surface area contributed by atoms with Crippen molar-refractivity contribution in [1.29, 1.82) is 0 Å². The molecule has 1 saturated heterocycles. The van der Waals surface area contributed by atoms with E-state index >= 15 is 0 Å². The summed E-state index contributed by atoms with van der Waals surface area (Å²) in [4.78, 5) is 21.7. The van der Waals surface area contributed by atoms with E-state index in [-0.39, 0.29) is 5.91 Å². The van der Waals surface area contributed by atoms with Crippen LogP contribution < -0.4 is 0 Å². The van der Waals surface area contributed by atoms with Crippen LogP contribution in [0.15, 0.2) is 60.8 Å². The van der Waals surface area contributed by atoms with Crippen molar-refractivity contribution < 1.29 is 4.79 Å². The minimum Gasteiger partial charge on any atom is -0.340 e. The lowest BCUT2D eigenvalue weighted by Gasteiger charge is -2.35. The van der Waals surface area contributed by atoms with Crippen LogP contribution in [-0.2, 0) is 17.8 Å². The number of rotatable bonds is 5. The Bertz CT molecular complexity index is 1030. The van der Waals surface area contributed by atoms with Gasteiger partial charge < -0.3 is 4.90 Å². The summed E-state index contributed by atoms with van der Waals surface area (Å²) >= 11 is 0. The zero-order valence-corrected chi connectivity index (χ0v) is 18.8. The van der Waals surface area contributed by atoms with Gasteiger partial charge in [-0.1, -0.05) is 30.3 Å². The van der Waals surface area contributed by atoms with Crippen molar-refractivity contribution in [3.05, 3.63) is 88.6 Å². The number of aromatic nitrogens is 1. The summed E-state index contributed by atoms with van der Waals surface area (Å²) in [6, 6.07) is 18.8.